The van der Waals surface area contributed by atoms with Crippen LogP contribution in [-0.4, -0.2) is 23.9 Å². The maximum absolute atomic E-state index is 13.6. The quantitative estimate of drug-likeness (QED) is 0.721. The first-order chi connectivity index (χ1) is 7.74. The SMILES string of the molecule is O=Nc1cccc(C(=O)N2CCCC2)c1F. The maximum Gasteiger partial charge on any atom is 0.256 e. The summed E-state index contributed by atoms with van der Waals surface area (Å²) in [6.45, 7) is 1.30. The van der Waals surface area contributed by atoms with Crippen LogP contribution in [0, 0.1) is 10.7 Å². The first-order valence-electron chi connectivity index (χ1n) is 5.15. The van der Waals surface area contributed by atoms with Crippen LogP contribution >= 0.6 is 0 Å². The molecule has 16 heavy (non-hydrogen) atoms. The van der Waals surface area contributed by atoms with Gasteiger partial charge in [-0.05, 0) is 30.2 Å². The third-order valence-electron chi connectivity index (χ3n) is 2.70. The van der Waals surface area contributed by atoms with Gasteiger partial charge in [-0.15, -0.1) is 4.91 Å². The fourth-order valence-electron chi connectivity index (χ4n) is 1.85. The molecule has 0 spiro atoms. The zero-order valence-electron chi connectivity index (χ0n) is 8.65. The Labute approximate surface area is 92.0 Å². The van der Waals surface area contributed by atoms with Gasteiger partial charge in [0.1, 0.15) is 5.69 Å². The van der Waals surface area contributed by atoms with Gasteiger partial charge in [0.25, 0.3) is 5.91 Å². The van der Waals surface area contributed by atoms with E-state index in [0.717, 1.165) is 12.8 Å². The molecule has 0 saturated carbocycles. The predicted octanol–water partition coefficient (Wildman–Crippen LogP) is 2.46. The molecule has 4 nitrogen and oxygen atoms in total. The molecule has 5 heteroatoms. The van der Waals surface area contributed by atoms with Gasteiger partial charge in [0.15, 0.2) is 5.82 Å². The summed E-state index contributed by atoms with van der Waals surface area (Å²) in [6, 6.07) is 4.09. The molecule has 1 aliphatic heterocycles. The predicted molar refractivity (Wildman–Crippen MR) is 57.0 cm³/mol. The number of carbonyl (C=O) groups is 1. The van der Waals surface area contributed by atoms with Crippen molar-refractivity contribution in [3.05, 3.63) is 34.5 Å². The van der Waals surface area contributed by atoms with Gasteiger partial charge in [0.2, 0.25) is 0 Å². The summed E-state index contributed by atoms with van der Waals surface area (Å²) in [4.78, 5) is 23.8. The van der Waals surface area contributed by atoms with Crippen molar-refractivity contribution in [1.82, 2.24) is 4.90 Å². The van der Waals surface area contributed by atoms with Gasteiger partial charge in [-0.25, -0.2) is 4.39 Å². The minimum absolute atomic E-state index is 0.0704. The Hall–Kier alpha value is -1.78. The van der Waals surface area contributed by atoms with Crippen LogP contribution in [-0.2, 0) is 0 Å². The minimum atomic E-state index is -0.825. The van der Waals surface area contributed by atoms with Crippen LogP contribution in [0.3, 0.4) is 0 Å². The summed E-state index contributed by atoms with van der Waals surface area (Å²) in [5.41, 5.74) is -0.385. The molecule has 1 heterocycles. The first-order valence-corrected chi connectivity index (χ1v) is 5.15. The molecule has 0 unspecified atom stereocenters. The molecule has 0 atom stereocenters. The lowest BCUT2D eigenvalue weighted by Gasteiger charge is -2.15. The van der Waals surface area contributed by atoms with E-state index in [1.165, 1.54) is 18.2 Å². The van der Waals surface area contributed by atoms with E-state index in [1.807, 2.05) is 0 Å². The normalized spacial score (nSPS) is 15.2. The van der Waals surface area contributed by atoms with Crippen molar-refractivity contribution in [2.75, 3.05) is 13.1 Å². The van der Waals surface area contributed by atoms with Gasteiger partial charge in [0.05, 0.1) is 5.56 Å². The highest BCUT2D eigenvalue weighted by Gasteiger charge is 2.23. The number of benzene rings is 1. The van der Waals surface area contributed by atoms with Crippen molar-refractivity contribution in [2.45, 2.75) is 12.8 Å². The van der Waals surface area contributed by atoms with E-state index in [-0.39, 0.29) is 17.2 Å². The number of hydrogen-bond donors (Lipinski definition) is 0. The molecule has 1 saturated heterocycles. The fourth-order valence-corrected chi connectivity index (χ4v) is 1.85. The van der Waals surface area contributed by atoms with Crippen LogP contribution in [0.15, 0.2) is 23.4 Å². The lowest BCUT2D eigenvalue weighted by Crippen LogP contribution is -2.28. The van der Waals surface area contributed by atoms with Crippen LogP contribution in [0.2, 0.25) is 0 Å². The summed E-state index contributed by atoms with van der Waals surface area (Å²) < 4.78 is 13.6. The Morgan fingerprint density at radius 3 is 2.62 bits per heavy atom. The van der Waals surface area contributed by atoms with Gasteiger partial charge in [-0.2, -0.15) is 0 Å². The van der Waals surface area contributed by atoms with E-state index in [0.29, 0.717) is 13.1 Å². The van der Waals surface area contributed by atoms with E-state index < -0.39 is 5.82 Å². The molecule has 0 bridgehead atoms. The molecule has 1 amide bonds. The van der Waals surface area contributed by atoms with Gasteiger partial charge in [-0.1, -0.05) is 6.07 Å². The molecule has 1 aromatic rings. The summed E-state index contributed by atoms with van der Waals surface area (Å²) in [7, 11) is 0. The molecule has 1 aliphatic rings. The zero-order chi connectivity index (χ0) is 11.5. The number of halogens is 1. The highest BCUT2D eigenvalue weighted by molar-refractivity contribution is 5.95. The highest BCUT2D eigenvalue weighted by Crippen LogP contribution is 2.23. The lowest BCUT2D eigenvalue weighted by atomic mass is 10.1. The number of likely N-dealkylation sites (tertiary alicyclic amines) is 1. The van der Waals surface area contributed by atoms with Crippen molar-refractivity contribution >= 4 is 11.6 Å². The summed E-state index contributed by atoms with van der Waals surface area (Å²) in [5.74, 6) is -1.19. The molecular formula is C11H11FN2O2. The average molecular weight is 222 g/mol. The molecule has 0 radical (unpaired) electrons. The van der Waals surface area contributed by atoms with Crippen LogP contribution in [0.5, 0.6) is 0 Å². The number of nitrogens with zero attached hydrogens (tertiary/aromatic N) is 2. The number of amides is 1. The van der Waals surface area contributed by atoms with Crippen molar-refractivity contribution in [3.8, 4) is 0 Å². The van der Waals surface area contributed by atoms with Gasteiger partial charge in [-0.3, -0.25) is 4.79 Å². The Bertz CT molecular complexity index is 428. The molecule has 0 N–H and O–H groups in total. The van der Waals surface area contributed by atoms with Crippen LogP contribution < -0.4 is 0 Å². The largest absolute Gasteiger partial charge is 0.339 e. The maximum atomic E-state index is 13.6. The third-order valence-corrected chi connectivity index (χ3v) is 2.70. The monoisotopic (exact) mass is 222 g/mol. The number of carbonyl (C=O) groups excluding carboxylic acids is 1. The smallest absolute Gasteiger partial charge is 0.256 e. The number of hydrogen-bond acceptors (Lipinski definition) is 3. The minimum Gasteiger partial charge on any atom is -0.339 e. The summed E-state index contributed by atoms with van der Waals surface area (Å²) in [5, 5.41) is 2.54. The van der Waals surface area contributed by atoms with E-state index in [2.05, 4.69) is 5.18 Å². The number of rotatable bonds is 2. The van der Waals surface area contributed by atoms with Crippen LogP contribution in [0.25, 0.3) is 0 Å². The lowest BCUT2D eigenvalue weighted by molar-refractivity contribution is 0.0788. The van der Waals surface area contributed by atoms with Crippen molar-refractivity contribution in [3.63, 3.8) is 0 Å². The Balaban J connectivity index is 2.32. The fraction of sp³-hybridized carbons (Fsp3) is 0.364. The van der Waals surface area contributed by atoms with Gasteiger partial charge in [0, 0.05) is 13.1 Å². The van der Waals surface area contributed by atoms with E-state index >= 15 is 0 Å². The Kier molecular flexibility index (Phi) is 2.94. The Morgan fingerprint density at radius 2 is 2.00 bits per heavy atom. The molecular weight excluding hydrogens is 211 g/mol. The van der Waals surface area contributed by atoms with E-state index in [9.17, 15) is 14.1 Å². The molecule has 84 valence electrons. The topological polar surface area (TPSA) is 49.7 Å². The van der Waals surface area contributed by atoms with Gasteiger partial charge >= 0.3 is 0 Å². The Morgan fingerprint density at radius 1 is 1.31 bits per heavy atom. The van der Waals surface area contributed by atoms with E-state index in [4.69, 9.17) is 0 Å². The molecule has 1 fully saturated rings. The molecule has 0 aromatic heterocycles. The van der Waals surface area contributed by atoms with E-state index in [1.54, 1.807) is 4.90 Å². The first kappa shape index (κ1) is 10.7. The second-order valence-electron chi connectivity index (χ2n) is 3.73. The highest BCUT2D eigenvalue weighted by atomic mass is 19.1. The van der Waals surface area contributed by atoms with Crippen molar-refractivity contribution < 1.29 is 9.18 Å². The second kappa shape index (κ2) is 4.38. The molecule has 0 aliphatic carbocycles. The molecule has 2 rings (SSSR count). The zero-order valence-corrected chi connectivity index (χ0v) is 8.65. The van der Waals surface area contributed by atoms with Crippen LogP contribution in [0.1, 0.15) is 23.2 Å². The summed E-state index contributed by atoms with van der Waals surface area (Å²) >= 11 is 0. The standard InChI is InChI=1S/C11H11FN2O2/c12-10-8(4-3-5-9(10)13-16)11(15)14-6-1-2-7-14/h3-5H,1-2,6-7H2. The summed E-state index contributed by atoms with van der Waals surface area (Å²) in [6.07, 6.45) is 1.89. The second-order valence-corrected chi connectivity index (χ2v) is 3.73. The molecule has 1 aromatic carbocycles. The third kappa shape index (κ3) is 1.80. The van der Waals surface area contributed by atoms with Crippen molar-refractivity contribution in [1.29, 1.82) is 0 Å². The average Bonchev–Trinajstić information content (AvgIpc) is 2.82. The number of nitroso groups, excluding NO2 is 1. The van der Waals surface area contributed by atoms with Gasteiger partial charge < -0.3 is 4.90 Å². The van der Waals surface area contributed by atoms with Crippen molar-refractivity contribution in [2.24, 2.45) is 5.18 Å². The van der Waals surface area contributed by atoms with Crippen LogP contribution in [0.4, 0.5) is 10.1 Å².